The lowest BCUT2D eigenvalue weighted by molar-refractivity contribution is -0.0500. The number of aromatic nitrogens is 1. The minimum absolute atomic E-state index is 0.103. The lowest BCUT2D eigenvalue weighted by Crippen LogP contribution is -2.03. The molecular formula is C7H5Cl2F2NO. The van der Waals surface area contributed by atoms with Crippen LogP contribution in [0.3, 0.4) is 0 Å². The summed E-state index contributed by atoms with van der Waals surface area (Å²) in [4.78, 5) is 3.63. The van der Waals surface area contributed by atoms with E-state index < -0.39 is 6.61 Å². The molecule has 0 saturated heterocycles. The molecule has 1 aromatic rings. The molecule has 1 heterocycles. The maximum absolute atomic E-state index is 11.8. The van der Waals surface area contributed by atoms with Gasteiger partial charge in [-0.2, -0.15) is 8.78 Å². The van der Waals surface area contributed by atoms with Crippen LogP contribution in [0.5, 0.6) is 5.75 Å². The van der Waals surface area contributed by atoms with Crippen LogP contribution in [0, 0.1) is 0 Å². The predicted molar refractivity (Wildman–Crippen MR) is 45.4 cm³/mol. The molecule has 0 aliphatic rings. The van der Waals surface area contributed by atoms with Crippen LogP contribution in [0.15, 0.2) is 12.3 Å². The highest BCUT2D eigenvalue weighted by Crippen LogP contribution is 2.24. The molecule has 1 rings (SSSR count). The van der Waals surface area contributed by atoms with Gasteiger partial charge in [0.2, 0.25) is 0 Å². The van der Waals surface area contributed by atoms with E-state index >= 15 is 0 Å². The Bertz CT molecular complexity index is 296. The third-order valence-corrected chi connectivity index (χ3v) is 1.83. The molecule has 0 amide bonds. The number of halogens is 4. The van der Waals surface area contributed by atoms with Gasteiger partial charge in [-0.25, -0.2) is 4.98 Å². The molecule has 0 N–H and O–H groups in total. The Morgan fingerprint density at radius 3 is 2.77 bits per heavy atom. The van der Waals surface area contributed by atoms with Crippen molar-refractivity contribution < 1.29 is 13.5 Å². The maximum Gasteiger partial charge on any atom is 0.387 e. The van der Waals surface area contributed by atoms with Gasteiger partial charge in [-0.1, -0.05) is 11.6 Å². The van der Waals surface area contributed by atoms with Crippen LogP contribution in [-0.4, -0.2) is 11.6 Å². The van der Waals surface area contributed by atoms with Crippen LogP contribution in [0.2, 0.25) is 5.15 Å². The zero-order chi connectivity index (χ0) is 9.84. The van der Waals surface area contributed by atoms with Crippen molar-refractivity contribution in [1.29, 1.82) is 0 Å². The van der Waals surface area contributed by atoms with E-state index in [9.17, 15) is 8.78 Å². The van der Waals surface area contributed by atoms with E-state index in [1.54, 1.807) is 0 Å². The number of hydrogen-bond acceptors (Lipinski definition) is 2. The summed E-state index contributed by atoms with van der Waals surface area (Å²) in [6.45, 7) is -2.91. The fourth-order valence-corrected chi connectivity index (χ4v) is 1.01. The largest absolute Gasteiger partial charge is 0.432 e. The number of hydrogen-bond donors (Lipinski definition) is 0. The molecule has 0 unspecified atom stereocenters. The van der Waals surface area contributed by atoms with Gasteiger partial charge in [0.05, 0.1) is 0 Å². The first-order valence-electron chi connectivity index (χ1n) is 3.28. The summed E-state index contributed by atoms with van der Waals surface area (Å²) in [6, 6.07) is 1.33. The molecule has 0 saturated carbocycles. The van der Waals surface area contributed by atoms with Crippen molar-refractivity contribution >= 4 is 23.2 Å². The zero-order valence-electron chi connectivity index (χ0n) is 6.31. The van der Waals surface area contributed by atoms with Gasteiger partial charge in [-0.3, -0.25) is 0 Å². The second-order valence-corrected chi connectivity index (χ2v) is 2.77. The van der Waals surface area contributed by atoms with Crippen LogP contribution in [0.4, 0.5) is 8.78 Å². The SMILES string of the molecule is FC(F)Oc1cc(CCl)cnc1Cl. The van der Waals surface area contributed by atoms with E-state index in [2.05, 4.69) is 9.72 Å². The Hall–Kier alpha value is -0.610. The Balaban J connectivity index is 2.90. The first-order valence-corrected chi connectivity index (χ1v) is 4.20. The Morgan fingerprint density at radius 2 is 2.23 bits per heavy atom. The lowest BCUT2D eigenvalue weighted by atomic mass is 10.3. The molecule has 0 fully saturated rings. The predicted octanol–water partition coefficient (Wildman–Crippen LogP) is 3.08. The number of rotatable bonds is 3. The average molecular weight is 228 g/mol. The van der Waals surface area contributed by atoms with E-state index in [1.807, 2.05) is 0 Å². The third-order valence-electron chi connectivity index (χ3n) is 1.23. The zero-order valence-corrected chi connectivity index (χ0v) is 7.82. The van der Waals surface area contributed by atoms with E-state index in [-0.39, 0.29) is 16.8 Å². The minimum Gasteiger partial charge on any atom is -0.432 e. The maximum atomic E-state index is 11.8. The van der Waals surface area contributed by atoms with Gasteiger partial charge in [0, 0.05) is 12.1 Å². The number of pyridine rings is 1. The van der Waals surface area contributed by atoms with E-state index in [1.165, 1.54) is 12.3 Å². The van der Waals surface area contributed by atoms with Crippen molar-refractivity contribution in [2.24, 2.45) is 0 Å². The van der Waals surface area contributed by atoms with E-state index in [0.29, 0.717) is 5.56 Å². The van der Waals surface area contributed by atoms with Crippen LogP contribution in [0.1, 0.15) is 5.56 Å². The Morgan fingerprint density at radius 1 is 1.54 bits per heavy atom. The van der Waals surface area contributed by atoms with Crippen LogP contribution in [0.25, 0.3) is 0 Å². The molecule has 0 aromatic carbocycles. The number of alkyl halides is 3. The molecule has 0 spiro atoms. The standard InChI is InChI=1S/C7H5Cl2F2NO/c8-2-4-1-5(13-7(10)11)6(9)12-3-4/h1,3,7H,2H2. The van der Waals surface area contributed by atoms with Crippen LogP contribution in [-0.2, 0) is 5.88 Å². The molecule has 0 aliphatic carbocycles. The number of ether oxygens (including phenoxy) is 1. The summed E-state index contributed by atoms with van der Waals surface area (Å²) in [5, 5.41) is -0.103. The summed E-state index contributed by atoms with van der Waals surface area (Å²) >= 11 is 10.9. The molecule has 13 heavy (non-hydrogen) atoms. The monoisotopic (exact) mass is 227 g/mol. The van der Waals surface area contributed by atoms with Crippen molar-refractivity contribution in [3.05, 3.63) is 23.0 Å². The molecular weight excluding hydrogens is 223 g/mol. The quantitative estimate of drug-likeness (QED) is 0.585. The first kappa shape index (κ1) is 10.5. The van der Waals surface area contributed by atoms with Gasteiger partial charge >= 0.3 is 6.61 Å². The summed E-state index contributed by atoms with van der Waals surface area (Å²) in [5.74, 6) is 0.0128. The summed E-state index contributed by atoms with van der Waals surface area (Å²) in [6.07, 6.45) is 1.40. The summed E-state index contributed by atoms with van der Waals surface area (Å²) < 4.78 is 27.7. The second kappa shape index (κ2) is 4.58. The lowest BCUT2D eigenvalue weighted by Gasteiger charge is -2.06. The Labute approximate surface area is 83.4 Å². The summed E-state index contributed by atoms with van der Waals surface area (Å²) in [7, 11) is 0. The van der Waals surface area contributed by atoms with Gasteiger partial charge in [-0.05, 0) is 11.6 Å². The van der Waals surface area contributed by atoms with Crippen molar-refractivity contribution in [3.63, 3.8) is 0 Å². The molecule has 0 aliphatic heterocycles. The van der Waals surface area contributed by atoms with Crippen molar-refractivity contribution in [2.75, 3.05) is 0 Å². The highest BCUT2D eigenvalue weighted by atomic mass is 35.5. The molecule has 0 bridgehead atoms. The molecule has 1 aromatic heterocycles. The van der Waals surface area contributed by atoms with E-state index in [4.69, 9.17) is 23.2 Å². The van der Waals surface area contributed by atoms with Gasteiger partial charge in [0.25, 0.3) is 0 Å². The normalized spacial score (nSPS) is 10.5. The van der Waals surface area contributed by atoms with Gasteiger partial charge in [0.1, 0.15) is 0 Å². The van der Waals surface area contributed by atoms with E-state index in [0.717, 1.165) is 0 Å². The topological polar surface area (TPSA) is 22.1 Å². The molecule has 72 valence electrons. The minimum atomic E-state index is -2.91. The van der Waals surface area contributed by atoms with Crippen molar-refractivity contribution in [2.45, 2.75) is 12.5 Å². The average Bonchev–Trinajstić information content (AvgIpc) is 2.08. The van der Waals surface area contributed by atoms with Gasteiger partial charge in [-0.15, -0.1) is 11.6 Å². The summed E-state index contributed by atoms with van der Waals surface area (Å²) in [5.41, 5.74) is 0.571. The molecule has 0 radical (unpaired) electrons. The Kier molecular flexibility index (Phi) is 3.69. The molecule has 0 atom stereocenters. The van der Waals surface area contributed by atoms with Gasteiger partial charge in [0.15, 0.2) is 10.9 Å². The van der Waals surface area contributed by atoms with Crippen LogP contribution >= 0.6 is 23.2 Å². The molecule has 6 heteroatoms. The van der Waals surface area contributed by atoms with Gasteiger partial charge < -0.3 is 4.74 Å². The smallest absolute Gasteiger partial charge is 0.387 e. The fourth-order valence-electron chi connectivity index (χ4n) is 0.720. The molecule has 2 nitrogen and oxygen atoms in total. The van der Waals surface area contributed by atoms with Crippen LogP contribution < -0.4 is 4.74 Å². The fraction of sp³-hybridized carbons (Fsp3) is 0.286. The van der Waals surface area contributed by atoms with Crippen molar-refractivity contribution in [3.8, 4) is 5.75 Å². The highest BCUT2D eigenvalue weighted by Gasteiger charge is 2.09. The highest BCUT2D eigenvalue weighted by molar-refractivity contribution is 6.30. The first-order chi connectivity index (χ1) is 6.13. The number of nitrogens with zero attached hydrogens (tertiary/aromatic N) is 1. The second-order valence-electron chi connectivity index (χ2n) is 2.14. The third kappa shape index (κ3) is 2.97. The van der Waals surface area contributed by atoms with Crippen molar-refractivity contribution in [1.82, 2.24) is 4.98 Å².